The molecule has 5 nitrogen and oxygen atoms in total. The lowest BCUT2D eigenvalue weighted by Crippen LogP contribution is -2.32. The van der Waals surface area contributed by atoms with Gasteiger partial charge in [0, 0.05) is 19.0 Å². The van der Waals surface area contributed by atoms with Crippen molar-refractivity contribution in [2.45, 2.75) is 32.3 Å². The number of phenolic OH excluding ortho intramolecular Hbond substituents is 1. The quantitative estimate of drug-likeness (QED) is 0.403. The minimum Gasteiger partial charge on any atom is -0.508 e. The second kappa shape index (κ2) is 12.3. The van der Waals surface area contributed by atoms with E-state index in [1.807, 2.05) is 30.3 Å². The fourth-order valence-electron chi connectivity index (χ4n) is 2.59. The predicted molar refractivity (Wildman–Crippen MR) is 109 cm³/mol. The molecule has 0 aliphatic rings. The summed E-state index contributed by atoms with van der Waals surface area (Å²) in [6, 6.07) is 14.3. The van der Waals surface area contributed by atoms with Gasteiger partial charge in [-0.15, -0.1) is 12.4 Å². The average molecular weight is 394 g/mol. The van der Waals surface area contributed by atoms with Gasteiger partial charge in [0.25, 0.3) is 0 Å². The van der Waals surface area contributed by atoms with E-state index in [-0.39, 0.29) is 30.5 Å². The Hall–Kier alpha value is -2.08. The number of Topliss-reactive ketones (excluding diaryl/α,β-unsaturated/α-hetero) is 1. The highest BCUT2D eigenvalue weighted by molar-refractivity contribution is 5.99. The summed E-state index contributed by atoms with van der Waals surface area (Å²) < 4.78 is 5.61. The predicted octanol–water partition coefficient (Wildman–Crippen LogP) is 3.37. The van der Waals surface area contributed by atoms with Gasteiger partial charge in [0.2, 0.25) is 0 Å². The van der Waals surface area contributed by atoms with Crippen LogP contribution in [0.3, 0.4) is 0 Å². The van der Waals surface area contributed by atoms with Crippen molar-refractivity contribution in [3.8, 4) is 11.5 Å². The topological polar surface area (TPSA) is 78.8 Å². The van der Waals surface area contributed by atoms with Crippen molar-refractivity contribution in [2.24, 2.45) is 0 Å². The van der Waals surface area contributed by atoms with Crippen molar-refractivity contribution in [2.75, 3.05) is 19.7 Å². The summed E-state index contributed by atoms with van der Waals surface area (Å²) in [6.07, 6.45) is 1.30. The zero-order chi connectivity index (χ0) is 18.8. The molecule has 1 unspecified atom stereocenters. The number of halogens is 1. The molecule has 0 saturated carbocycles. The molecular weight excluding hydrogens is 366 g/mol. The van der Waals surface area contributed by atoms with Crippen molar-refractivity contribution in [3.63, 3.8) is 0 Å². The van der Waals surface area contributed by atoms with Gasteiger partial charge >= 0.3 is 0 Å². The van der Waals surface area contributed by atoms with E-state index < -0.39 is 6.10 Å². The highest BCUT2D eigenvalue weighted by Crippen LogP contribution is 2.26. The molecule has 1 atom stereocenters. The Bertz CT molecular complexity index is 694. The number of hydrogen-bond donors (Lipinski definition) is 3. The van der Waals surface area contributed by atoms with Crippen LogP contribution in [0.5, 0.6) is 11.5 Å². The van der Waals surface area contributed by atoms with Gasteiger partial charge in [-0.2, -0.15) is 0 Å². The minimum absolute atomic E-state index is 0. The average Bonchev–Trinajstić information content (AvgIpc) is 2.65. The van der Waals surface area contributed by atoms with Crippen LogP contribution in [0.25, 0.3) is 0 Å². The van der Waals surface area contributed by atoms with E-state index in [0.29, 0.717) is 30.7 Å². The molecule has 3 N–H and O–H groups in total. The van der Waals surface area contributed by atoms with Crippen LogP contribution in [-0.2, 0) is 6.42 Å². The Morgan fingerprint density at radius 2 is 1.93 bits per heavy atom. The van der Waals surface area contributed by atoms with E-state index in [4.69, 9.17) is 4.74 Å². The zero-order valence-electron chi connectivity index (χ0n) is 15.6. The number of aliphatic hydroxyl groups is 1. The summed E-state index contributed by atoms with van der Waals surface area (Å²) in [5.74, 6) is 0.276. The third kappa shape index (κ3) is 7.99. The number of rotatable bonds is 11. The molecule has 0 aromatic heterocycles. The van der Waals surface area contributed by atoms with Crippen molar-refractivity contribution < 1.29 is 19.7 Å². The summed E-state index contributed by atoms with van der Waals surface area (Å²) in [5.41, 5.74) is 1.52. The first-order valence-electron chi connectivity index (χ1n) is 9.02. The lowest BCUT2D eigenvalue weighted by Gasteiger charge is -2.15. The van der Waals surface area contributed by atoms with Crippen LogP contribution in [0.2, 0.25) is 0 Å². The highest BCUT2D eigenvalue weighted by atomic mass is 35.5. The van der Waals surface area contributed by atoms with Gasteiger partial charge in [0.1, 0.15) is 24.2 Å². The Morgan fingerprint density at radius 3 is 2.63 bits per heavy atom. The number of hydrogen-bond acceptors (Lipinski definition) is 5. The van der Waals surface area contributed by atoms with E-state index in [0.717, 1.165) is 18.5 Å². The number of carbonyl (C=O) groups is 1. The molecule has 0 heterocycles. The van der Waals surface area contributed by atoms with Gasteiger partial charge in [-0.05, 0) is 37.1 Å². The van der Waals surface area contributed by atoms with Gasteiger partial charge in [-0.3, -0.25) is 4.79 Å². The molecule has 0 spiro atoms. The monoisotopic (exact) mass is 393 g/mol. The first kappa shape index (κ1) is 23.0. The number of aliphatic hydroxyl groups excluding tert-OH is 1. The molecule has 2 rings (SSSR count). The molecule has 148 valence electrons. The molecule has 0 aliphatic heterocycles. The summed E-state index contributed by atoms with van der Waals surface area (Å²) in [4.78, 5) is 12.6. The maximum Gasteiger partial charge on any atom is 0.166 e. The second-order valence-corrected chi connectivity index (χ2v) is 6.26. The normalized spacial score (nSPS) is 11.5. The van der Waals surface area contributed by atoms with Crippen LogP contribution in [0.4, 0.5) is 0 Å². The Morgan fingerprint density at radius 1 is 1.19 bits per heavy atom. The van der Waals surface area contributed by atoms with E-state index in [9.17, 15) is 15.0 Å². The fraction of sp³-hybridized carbons (Fsp3) is 0.381. The first-order valence-corrected chi connectivity index (χ1v) is 9.02. The molecule has 0 fully saturated rings. The fourth-order valence-corrected chi connectivity index (χ4v) is 2.59. The summed E-state index contributed by atoms with van der Waals surface area (Å²) in [5, 5.41) is 22.8. The van der Waals surface area contributed by atoms with Gasteiger partial charge in [0.05, 0.1) is 5.56 Å². The molecule has 0 saturated heterocycles. The van der Waals surface area contributed by atoms with Crippen LogP contribution in [-0.4, -0.2) is 41.8 Å². The third-order valence-corrected chi connectivity index (χ3v) is 3.99. The highest BCUT2D eigenvalue weighted by Gasteiger charge is 2.15. The van der Waals surface area contributed by atoms with Crippen molar-refractivity contribution in [1.29, 1.82) is 0 Å². The summed E-state index contributed by atoms with van der Waals surface area (Å²) in [6.45, 7) is 3.35. The SMILES string of the molecule is CCCNCC(O)COc1cc(O)ccc1C(=O)CCc1ccccc1.Cl. The van der Waals surface area contributed by atoms with Gasteiger partial charge in [0.15, 0.2) is 5.78 Å². The number of ether oxygens (including phenoxy) is 1. The minimum atomic E-state index is -0.684. The first-order chi connectivity index (χ1) is 12.6. The van der Waals surface area contributed by atoms with Crippen LogP contribution < -0.4 is 10.1 Å². The molecule has 0 amide bonds. The number of nitrogens with one attached hydrogen (secondary N) is 1. The lowest BCUT2D eigenvalue weighted by molar-refractivity contribution is 0.0950. The van der Waals surface area contributed by atoms with Crippen molar-refractivity contribution in [1.82, 2.24) is 5.32 Å². The molecule has 0 bridgehead atoms. The smallest absolute Gasteiger partial charge is 0.166 e. The van der Waals surface area contributed by atoms with Crippen molar-refractivity contribution >= 4 is 18.2 Å². The van der Waals surface area contributed by atoms with Crippen LogP contribution in [0.15, 0.2) is 48.5 Å². The maximum atomic E-state index is 12.6. The Labute approximate surface area is 166 Å². The number of benzene rings is 2. The van der Waals surface area contributed by atoms with Gasteiger partial charge < -0.3 is 20.3 Å². The van der Waals surface area contributed by atoms with E-state index in [1.54, 1.807) is 6.07 Å². The van der Waals surface area contributed by atoms with Crippen LogP contribution >= 0.6 is 12.4 Å². The molecule has 0 radical (unpaired) electrons. The summed E-state index contributed by atoms with van der Waals surface area (Å²) >= 11 is 0. The molecule has 6 heteroatoms. The van der Waals surface area contributed by atoms with Gasteiger partial charge in [-0.25, -0.2) is 0 Å². The van der Waals surface area contributed by atoms with E-state index >= 15 is 0 Å². The number of phenols is 1. The summed E-state index contributed by atoms with van der Waals surface area (Å²) in [7, 11) is 0. The van der Waals surface area contributed by atoms with Crippen molar-refractivity contribution in [3.05, 3.63) is 59.7 Å². The molecular formula is C21H28ClNO4. The van der Waals surface area contributed by atoms with E-state index in [1.165, 1.54) is 12.1 Å². The number of aromatic hydroxyl groups is 1. The molecule has 2 aromatic rings. The van der Waals surface area contributed by atoms with Gasteiger partial charge in [-0.1, -0.05) is 37.3 Å². The van der Waals surface area contributed by atoms with E-state index in [2.05, 4.69) is 12.2 Å². The third-order valence-electron chi connectivity index (χ3n) is 3.99. The number of carbonyl (C=O) groups excluding carboxylic acids is 1. The van der Waals surface area contributed by atoms with Crippen LogP contribution in [0.1, 0.15) is 35.7 Å². The largest absolute Gasteiger partial charge is 0.508 e. The maximum absolute atomic E-state index is 12.6. The molecule has 2 aromatic carbocycles. The number of aryl methyl sites for hydroxylation is 1. The standard InChI is InChI=1S/C21H27NO4.ClH/c1-2-12-22-14-18(24)15-26-21-13-17(23)9-10-19(21)20(25)11-8-16-6-4-3-5-7-16;/h3-7,9-10,13,18,22-24H,2,8,11-12,14-15H2,1H3;1H. The Balaban J connectivity index is 0.00000364. The Kier molecular flexibility index (Phi) is 10.5. The molecule has 27 heavy (non-hydrogen) atoms. The second-order valence-electron chi connectivity index (χ2n) is 6.26. The lowest BCUT2D eigenvalue weighted by atomic mass is 10.0. The number of ketones is 1. The zero-order valence-corrected chi connectivity index (χ0v) is 16.4. The van der Waals surface area contributed by atoms with Crippen LogP contribution in [0, 0.1) is 0 Å². The molecule has 0 aliphatic carbocycles.